The van der Waals surface area contributed by atoms with E-state index in [-0.39, 0.29) is 18.9 Å². The smallest absolute Gasteiger partial charge is 0.394 e. The van der Waals surface area contributed by atoms with Crippen molar-refractivity contribution in [1.29, 1.82) is 0 Å². The van der Waals surface area contributed by atoms with E-state index in [2.05, 4.69) is 0 Å². The maximum absolute atomic E-state index is 10.1. The van der Waals surface area contributed by atoms with Gasteiger partial charge in [-0.2, -0.15) is 8.42 Å². The summed E-state index contributed by atoms with van der Waals surface area (Å²) in [6.45, 7) is -1.95. The molecule has 0 bridgehead atoms. The Hall–Kier alpha value is -2.78. The molecular formula is C20H41NO25S. The number of carbonyl (C=O) groups excluding carboxylic acids is 3. The Labute approximate surface area is 263 Å². The topological polar surface area (TPSA) is 510 Å². The number of carbonyl (C=O) groups is 5. The number of carboxylic acids is 2. The fraction of sp³-hybridized carbons (Fsp3) is 0.750. The van der Waals surface area contributed by atoms with Crippen molar-refractivity contribution in [2.24, 2.45) is 5.73 Å². The van der Waals surface area contributed by atoms with Crippen LogP contribution >= 0.6 is 0 Å². The summed E-state index contributed by atoms with van der Waals surface area (Å²) in [5, 5.41) is 137. The Kier molecular flexibility index (Phi) is 33.6. The Morgan fingerprint density at radius 3 is 1.02 bits per heavy atom. The minimum atomic E-state index is -4.67. The van der Waals surface area contributed by atoms with Gasteiger partial charge in [0, 0.05) is 0 Å². The highest BCUT2D eigenvalue weighted by molar-refractivity contribution is 7.79. The van der Waals surface area contributed by atoms with Crippen molar-refractivity contribution in [2.75, 3.05) is 19.8 Å². The highest BCUT2D eigenvalue weighted by atomic mass is 32.3. The number of carboxylic acid groups (broad SMARTS) is 2. The van der Waals surface area contributed by atoms with Crippen molar-refractivity contribution in [3.8, 4) is 0 Å². The van der Waals surface area contributed by atoms with Crippen LogP contribution in [0.25, 0.3) is 0 Å². The van der Waals surface area contributed by atoms with Crippen LogP contribution in [0.1, 0.15) is 0 Å². The summed E-state index contributed by atoms with van der Waals surface area (Å²) in [6.07, 6.45) is -19.9. The summed E-state index contributed by atoms with van der Waals surface area (Å²) in [6, 6.07) is -1.13. The summed E-state index contributed by atoms with van der Waals surface area (Å²) < 4.78 is 31.6. The first-order valence-corrected chi connectivity index (χ1v) is 13.2. The third-order valence-corrected chi connectivity index (χ3v) is 4.42. The molecule has 0 saturated carbocycles. The average molecular weight is 728 g/mol. The molecule has 0 fully saturated rings. The molecule has 0 amide bonds. The van der Waals surface area contributed by atoms with E-state index in [1.807, 2.05) is 0 Å². The Morgan fingerprint density at radius 1 is 0.532 bits per heavy atom. The van der Waals surface area contributed by atoms with Crippen LogP contribution in [0.2, 0.25) is 0 Å². The second-order valence-corrected chi connectivity index (χ2v) is 9.09. The minimum Gasteiger partial charge on any atom is -0.480 e. The van der Waals surface area contributed by atoms with Crippen molar-refractivity contribution in [1.82, 2.24) is 0 Å². The normalized spacial score (nSPS) is 18.3. The zero-order chi connectivity index (χ0) is 38.8. The number of nitrogens with two attached hydrogens (primary N) is 1. The molecule has 20 N–H and O–H groups in total. The highest BCUT2D eigenvalue weighted by Gasteiger charge is 2.34. The third kappa shape index (κ3) is 30.3. The number of hydrogen-bond acceptors (Lipinski definition) is 22. The lowest BCUT2D eigenvalue weighted by molar-refractivity contribution is -0.163. The summed E-state index contributed by atoms with van der Waals surface area (Å²) in [5.41, 5.74) is 4.77. The van der Waals surface area contributed by atoms with Crippen molar-refractivity contribution < 1.29 is 123 Å². The van der Waals surface area contributed by atoms with Gasteiger partial charge in [-0.25, -0.2) is 4.79 Å². The number of hydrogen-bond donors (Lipinski definition) is 19. The maximum Gasteiger partial charge on any atom is 0.394 e. The number of aldehydes is 3. The van der Waals surface area contributed by atoms with E-state index in [1.165, 1.54) is 0 Å². The second kappa shape index (κ2) is 29.4. The number of rotatable bonds is 16. The van der Waals surface area contributed by atoms with E-state index in [0.29, 0.717) is 0 Å². The number of aliphatic hydroxyl groups is 14. The SMILES string of the molecule is NC(CO)C(=O)O.O=CC(O)C(O)C(O)C(O)C(=O)O.O=CC(O)C(O)C(O)C(O)CO.O=CC(O)C(O)C(O)CO.O=S(=O)(O)O. The predicted octanol–water partition coefficient (Wildman–Crippen LogP) is -11.7. The number of aliphatic carboxylic acids is 2. The van der Waals surface area contributed by atoms with E-state index in [4.69, 9.17) is 105 Å². The predicted molar refractivity (Wildman–Crippen MR) is 143 cm³/mol. The molecule has 12 atom stereocenters. The van der Waals surface area contributed by atoms with Crippen LogP contribution in [-0.2, 0) is 34.4 Å². The Balaban J connectivity index is -0.000000162. The van der Waals surface area contributed by atoms with Crippen LogP contribution in [0.5, 0.6) is 0 Å². The molecule has 0 heterocycles. The van der Waals surface area contributed by atoms with E-state index in [9.17, 15) is 24.0 Å². The average Bonchev–Trinajstić information content (AvgIpc) is 3.03. The molecule has 0 saturated heterocycles. The fourth-order valence-corrected chi connectivity index (χ4v) is 1.73. The van der Waals surface area contributed by atoms with Gasteiger partial charge < -0.3 is 102 Å². The monoisotopic (exact) mass is 727 g/mol. The van der Waals surface area contributed by atoms with Gasteiger partial charge in [0.2, 0.25) is 0 Å². The van der Waals surface area contributed by atoms with E-state index in [1.54, 1.807) is 0 Å². The second-order valence-electron chi connectivity index (χ2n) is 8.19. The van der Waals surface area contributed by atoms with E-state index >= 15 is 0 Å². The van der Waals surface area contributed by atoms with E-state index in [0.717, 1.165) is 0 Å². The first-order valence-electron chi connectivity index (χ1n) is 11.9. The van der Waals surface area contributed by atoms with Crippen LogP contribution < -0.4 is 5.73 Å². The molecule has 0 aliphatic heterocycles. The van der Waals surface area contributed by atoms with Crippen LogP contribution in [0.15, 0.2) is 0 Å². The van der Waals surface area contributed by atoms with Crippen LogP contribution in [-0.4, -0.2) is 223 Å². The summed E-state index contributed by atoms with van der Waals surface area (Å²) in [4.78, 5) is 49.3. The molecule has 0 aromatic heterocycles. The molecule has 0 aliphatic rings. The van der Waals surface area contributed by atoms with Crippen LogP contribution in [0.3, 0.4) is 0 Å². The molecule has 12 unspecified atom stereocenters. The first kappa shape index (κ1) is 53.7. The van der Waals surface area contributed by atoms with Crippen molar-refractivity contribution in [3.63, 3.8) is 0 Å². The standard InChI is InChI=1S/C6H10O7.C6H12O6.C5H10O5.C3H7NO3.H2O4S/c7-1-2(8)3(9)4(10)5(11)6(12)13;7-1-3(9)5(11)6(12)4(10)2-8;6-1-3(8)5(10)4(9)2-7;4-2(1-5)3(6)7;1-5(2,3)4/h1-5,8-11H,(H,12,13);1,3-6,8-12H,2H2;1,3-5,7-10H,2H2;2,5H,1,4H2,(H,6,7);(H2,1,2,3,4). The minimum absolute atomic E-state index is 0.0258. The zero-order valence-corrected chi connectivity index (χ0v) is 24.5. The van der Waals surface area contributed by atoms with Gasteiger partial charge in [0.25, 0.3) is 0 Å². The summed E-state index contributed by atoms with van der Waals surface area (Å²) in [7, 11) is -4.67. The lowest BCUT2D eigenvalue weighted by Gasteiger charge is -2.22. The molecule has 0 aliphatic carbocycles. The van der Waals surface area contributed by atoms with Crippen LogP contribution in [0.4, 0.5) is 0 Å². The van der Waals surface area contributed by atoms with Gasteiger partial charge in [0.15, 0.2) is 25.0 Å². The first-order chi connectivity index (χ1) is 21.3. The van der Waals surface area contributed by atoms with Gasteiger partial charge in [0.1, 0.15) is 67.1 Å². The molecule has 0 spiro atoms. The van der Waals surface area contributed by atoms with E-state index < -0.39 is 115 Å². The van der Waals surface area contributed by atoms with Gasteiger partial charge in [-0.15, -0.1) is 0 Å². The summed E-state index contributed by atoms with van der Waals surface area (Å²) in [5.74, 6) is -2.94. The summed E-state index contributed by atoms with van der Waals surface area (Å²) >= 11 is 0. The lowest BCUT2D eigenvalue weighted by Crippen LogP contribution is -2.48. The molecule has 0 radical (unpaired) electrons. The third-order valence-electron chi connectivity index (χ3n) is 4.42. The molecule has 47 heavy (non-hydrogen) atoms. The molecule has 26 nitrogen and oxygen atoms in total. The van der Waals surface area contributed by atoms with Crippen LogP contribution in [0, 0.1) is 0 Å². The van der Waals surface area contributed by atoms with Gasteiger partial charge in [0.05, 0.1) is 19.8 Å². The highest BCUT2D eigenvalue weighted by Crippen LogP contribution is 2.04. The Morgan fingerprint density at radius 2 is 0.809 bits per heavy atom. The maximum atomic E-state index is 10.1. The molecule has 0 aromatic carbocycles. The van der Waals surface area contributed by atoms with Gasteiger partial charge in [-0.1, -0.05) is 0 Å². The molecule has 282 valence electrons. The fourth-order valence-electron chi connectivity index (χ4n) is 1.73. The Bertz CT molecular complexity index is 945. The van der Waals surface area contributed by atoms with Gasteiger partial charge in [-0.3, -0.25) is 13.9 Å². The number of aliphatic hydroxyl groups excluding tert-OH is 14. The lowest BCUT2D eigenvalue weighted by atomic mass is 10.0. The van der Waals surface area contributed by atoms with Crippen molar-refractivity contribution in [3.05, 3.63) is 0 Å². The van der Waals surface area contributed by atoms with Gasteiger partial charge >= 0.3 is 22.3 Å². The molecular weight excluding hydrogens is 686 g/mol. The van der Waals surface area contributed by atoms with Crippen molar-refractivity contribution >= 4 is 41.2 Å². The van der Waals surface area contributed by atoms with Crippen molar-refractivity contribution in [2.45, 2.75) is 73.2 Å². The largest absolute Gasteiger partial charge is 0.480 e. The van der Waals surface area contributed by atoms with Gasteiger partial charge in [-0.05, 0) is 0 Å². The molecule has 0 aromatic rings. The zero-order valence-electron chi connectivity index (χ0n) is 23.7. The molecule has 0 rings (SSSR count). The molecule has 27 heteroatoms. The quantitative estimate of drug-likeness (QED) is 0.0518.